The van der Waals surface area contributed by atoms with E-state index in [1.165, 1.54) is 6.92 Å². The summed E-state index contributed by atoms with van der Waals surface area (Å²) >= 11 is 0. The Morgan fingerprint density at radius 3 is 2.42 bits per heavy atom. The lowest BCUT2D eigenvalue weighted by Crippen LogP contribution is -2.45. The monoisotopic (exact) mass is 473 g/mol. The van der Waals surface area contributed by atoms with Crippen LogP contribution in [-0.4, -0.2) is 51.8 Å². The van der Waals surface area contributed by atoms with E-state index in [9.17, 15) is 18.0 Å². The maximum Gasteiger partial charge on any atom is 0.253 e. The number of benzene rings is 2. The van der Waals surface area contributed by atoms with E-state index in [0.717, 1.165) is 34.5 Å². The van der Waals surface area contributed by atoms with E-state index >= 15 is 0 Å². The molecule has 1 aliphatic heterocycles. The highest BCUT2D eigenvalue weighted by Gasteiger charge is 2.30. The van der Waals surface area contributed by atoms with Crippen molar-refractivity contribution in [2.24, 2.45) is 0 Å². The zero-order valence-electron chi connectivity index (χ0n) is 19.4. The Balaban J connectivity index is 1.80. The maximum atomic E-state index is 13.1. The molecule has 2 aromatic rings. The lowest BCUT2D eigenvalue weighted by atomic mass is 10.1. The van der Waals surface area contributed by atoms with Gasteiger partial charge in [0.05, 0.1) is 29.3 Å². The van der Waals surface area contributed by atoms with Gasteiger partial charge in [-0.25, -0.2) is 8.42 Å². The number of sulfonamides is 1. The summed E-state index contributed by atoms with van der Waals surface area (Å²) in [5, 5.41) is 5.58. The van der Waals surface area contributed by atoms with Crippen LogP contribution in [0.5, 0.6) is 0 Å². The fourth-order valence-electron chi connectivity index (χ4n) is 4.02. The topological polar surface area (TPSA) is 105 Å². The number of anilines is 2. The third-order valence-electron chi connectivity index (χ3n) is 5.49. The minimum atomic E-state index is -3.75. The van der Waals surface area contributed by atoms with Gasteiger partial charge in [-0.1, -0.05) is 18.2 Å². The van der Waals surface area contributed by atoms with Crippen LogP contribution in [0.2, 0.25) is 0 Å². The lowest BCUT2D eigenvalue weighted by molar-refractivity contribution is -0.116. The van der Waals surface area contributed by atoms with Crippen LogP contribution < -0.4 is 14.9 Å². The molecular weight excluding hydrogens is 442 g/mol. The standard InChI is InChI=1S/C24H31N3O5S/c1-16-12-17(2)14-19(13-16)27(33(4,30)31)18(3)23(28)26-22-10-6-5-9-21(22)24(29)25-15-20-8-7-11-32-20/h5-6,9-10,12-14,18,20H,7-8,11,15H2,1-4H3,(H,25,29)(H,26,28). The highest BCUT2D eigenvalue weighted by molar-refractivity contribution is 7.92. The summed E-state index contributed by atoms with van der Waals surface area (Å²) in [7, 11) is -3.75. The smallest absolute Gasteiger partial charge is 0.253 e. The van der Waals surface area contributed by atoms with Crippen molar-refractivity contribution in [3.05, 3.63) is 59.2 Å². The van der Waals surface area contributed by atoms with Gasteiger partial charge in [0.15, 0.2) is 0 Å². The Morgan fingerprint density at radius 2 is 1.82 bits per heavy atom. The van der Waals surface area contributed by atoms with Crippen molar-refractivity contribution in [2.45, 2.75) is 45.8 Å². The number of nitrogens with one attached hydrogen (secondary N) is 2. The molecule has 1 fully saturated rings. The van der Waals surface area contributed by atoms with Gasteiger partial charge in [-0.3, -0.25) is 13.9 Å². The van der Waals surface area contributed by atoms with Crippen molar-refractivity contribution in [3.8, 4) is 0 Å². The van der Waals surface area contributed by atoms with Gasteiger partial charge in [0.1, 0.15) is 6.04 Å². The van der Waals surface area contributed by atoms with Crippen molar-refractivity contribution in [2.75, 3.05) is 29.0 Å². The number of para-hydroxylation sites is 1. The Bertz CT molecular complexity index is 1110. The van der Waals surface area contributed by atoms with Crippen LogP contribution >= 0.6 is 0 Å². The van der Waals surface area contributed by atoms with E-state index in [-0.39, 0.29) is 12.0 Å². The molecule has 9 heteroatoms. The predicted molar refractivity (Wildman–Crippen MR) is 129 cm³/mol. The number of hydrogen-bond donors (Lipinski definition) is 2. The summed E-state index contributed by atoms with van der Waals surface area (Å²) in [6.07, 6.45) is 2.94. The molecule has 178 valence electrons. The van der Waals surface area contributed by atoms with E-state index in [2.05, 4.69) is 10.6 Å². The normalized spacial score (nSPS) is 16.8. The molecule has 0 radical (unpaired) electrons. The van der Waals surface area contributed by atoms with E-state index in [1.54, 1.807) is 36.4 Å². The van der Waals surface area contributed by atoms with Crippen LogP contribution in [-0.2, 0) is 19.6 Å². The first-order valence-electron chi connectivity index (χ1n) is 10.9. The first kappa shape index (κ1) is 24.7. The SMILES string of the molecule is Cc1cc(C)cc(N(C(C)C(=O)Nc2ccccc2C(=O)NCC2CCCO2)S(C)(=O)=O)c1. The molecule has 0 spiro atoms. The van der Waals surface area contributed by atoms with Gasteiger partial charge in [-0.2, -0.15) is 0 Å². The molecule has 2 N–H and O–H groups in total. The Morgan fingerprint density at radius 1 is 1.15 bits per heavy atom. The van der Waals surface area contributed by atoms with Crippen molar-refractivity contribution >= 4 is 33.2 Å². The molecule has 0 bridgehead atoms. The fraction of sp³-hybridized carbons (Fsp3) is 0.417. The summed E-state index contributed by atoms with van der Waals surface area (Å²) in [5.74, 6) is -0.873. The largest absolute Gasteiger partial charge is 0.376 e. The van der Waals surface area contributed by atoms with E-state index in [1.807, 2.05) is 19.9 Å². The number of hydrogen-bond acceptors (Lipinski definition) is 5. The van der Waals surface area contributed by atoms with Crippen molar-refractivity contribution < 1.29 is 22.7 Å². The van der Waals surface area contributed by atoms with Crippen LogP contribution in [0.1, 0.15) is 41.3 Å². The van der Waals surface area contributed by atoms with E-state index in [4.69, 9.17) is 4.74 Å². The molecule has 0 aromatic heterocycles. The van der Waals surface area contributed by atoms with Crippen molar-refractivity contribution in [1.82, 2.24) is 5.32 Å². The molecule has 2 amide bonds. The number of nitrogens with zero attached hydrogens (tertiary/aromatic N) is 1. The highest BCUT2D eigenvalue weighted by Crippen LogP contribution is 2.25. The molecule has 0 aliphatic carbocycles. The highest BCUT2D eigenvalue weighted by atomic mass is 32.2. The molecule has 3 rings (SSSR count). The second-order valence-corrected chi connectivity index (χ2v) is 10.3. The number of aryl methyl sites for hydroxylation is 2. The summed E-state index contributed by atoms with van der Waals surface area (Å²) in [6.45, 7) is 6.35. The minimum Gasteiger partial charge on any atom is -0.376 e. The molecule has 33 heavy (non-hydrogen) atoms. The number of amides is 2. The predicted octanol–water partition coefficient (Wildman–Crippen LogP) is 3.01. The molecule has 8 nitrogen and oxygen atoms in total. The Kier molecular flexibility index (Phi) is 7.76. The molecule has 2 unspecified atom stereocenters. The lowest BCUT2D eigenvalue weighted by Gasteiger charge is -2.29. The molecule has 1 heterocycles. The van der Waals surface area contributed by atoms with Gasteiger partial charge in [-0.05, 0) is 69.0 Å². The van der Waals surface area contributed by atoms with Crippen LogP contribution in [0, 0.1) is 13.8 Å². The average molecular weight is 474 g/mol. The van der Waals surface area contributed by atoms with Gasteiger partial charge >= 0.3 is 0 Å². The van der Waals surface area contributed by atoms with Gasteiger partial charge in [0, 0.05) is 13.2 Å². The quantitative estimate of drug-likeness (QED) is 0.613. The molecule has 0 saturated carbocycles. The second-order valence-electron chi connectivity index (χ2n) is 8.46. The third-order valence-corrected chi connectivity index (χ3v) is 6.73. The number of carbonyl (C=O) groups excluding carboxylic acids is 2. The van der Waals surface area contributed by atoms with Crippen molar-refractivity contribution in [3.63, 3.8) is 0 Å². The summed E-state index contributed by atoms with van der Waals surface area (Å²) in [4.78, 5) is 25.9. The van der Waals surface area contributed by atoms with Crippen LogP contribution in [0.3, 0.4) is 0 Å². The zero-order valence-corrected chi connectivity index (χ0v) is 20.2. The van der Waals surface area contributed by atoms with Crippen LogP contribution in [0.15, 0.2) is 42.5 Å². The zero-order chi connectivity index (χ0) is 24.2. The Labute approximate surface area is 195 Å². The average Bonchev–Trinajstić information content (AvgIpc) is 3.24. The number of ether oxygens (including phenoxy) is 1. The van der Waals surface area contributed by atoms with Crippen LogP contribution in [0.25, 0.3) is 0 Å². The van der Waals surface area contributed by atoms with Gasteiger partial charge in [0.25, 0.3) is 5.91 Å². The minimum absolute atomic E-state index is 0.00293. The van der Waals surface area contributed by atoms with Gasteiger partial charge in [0.2, 0.25) is 15.9 Å². The van der Waals surface area contributed by atoms with E-state index in [0.29, 0.717) is 30.1 Å². The molecule has 1 aliphatic rings. The molecule has 2 atom stereocenters. The summed E-state index contributed by atoms with van der Waals surface area (Å²) in [6, 6.07) is 11.0. The number of rotatable bonds is 8. The van der Waals surface area contributed by atoms with E-state index < -0.39 is 22.0 Å². The molecule has 2 aromatic carbocycles. The third kappa shape index (κ3) is 6.33. The Hall–Kier alpha value is -2.91. The van der Waals surface area contributed by atoms with Gasteiger partial charge < -0.3 is 15.4 Å². The fourth-order valence-corrected chi connectivity index (χ4v) is 5.18. The van der Waals surface area contributed by atoms with Crippen LogP contribution in [0.4, 0.5) is 11.4 Å². The second kappa shape index (κ2) is 10.4. The molecular formula is C24H31N3O5S. The van der Waals surface area contributed by atoms with Crippen molar-refractivity contribution in [1.29, 1.82) is 0 Å². The van der Waals surface area contributed by atoms with Gasteiger partial charge in [-0.15, -0.1) is 0 Å². The molecule has 1 saturated heterocycles. The summed E-state index contributed by atoms with van der Waals surface area (Å²) in [5.41, 5.74) is 2.81. The summed E-state index contributed by atoms with van der Waals surface area (Å²) < 4.78 is 31.9. The first-order valence-corrected chi connectivity index (χ1v) is 12.8. The first-order chi connectivity index (χ1) is 15.6. The number of carbonyl (C=O) groups is 2. The maximum absolute atomic E-state index is 13.1.